The van der Waals surface area contributed by atoms with Gasteiger partial charge in [-0.1, -0.05) is 78.9 Å². The summed E-state index contributed by atoms with van der Waals surface area (Å²) in [6, 6.07) is 29.9. The predicted molar refractivity (Wildman–Crippen MR) is 141 cm³/mol. The fourth-order valence-corrected chi connectivity index (χ4v) is 4.65. The lowest BCUT2D eigenvalue weighted by Gasteiger charge is -2.17. The monoisotopic (exact) mass is 507 g/mol. The SMILES string of the molecule is O=C(N[C@@H](Cc1ccc(OC(=O)c2ccccc2)cc1)C(=O)O)OCC1c2ccccc2-c2ccccc21. The number of nitrogens with one attached hydrogen (secondary N) is 1. The fraction of sp³-hybridized carbons (Fsp3) is 0.129. The number of carboxylic acid groups (broad SMARTS) is 1. The van der Waals surface area contributed by atoms with Gasteiger partial charge in [0.1, 0.15) is 18.4 Å². The van der Waals surface area contributed by atoms with Crippen molar-refractivity contribution in [1.82, 2.24) is 5.32 Å². The molecule has 1 atom stereocenters. The van der Waals surface area contributed by atoms with E-state index in [9.17, 15) is 19.5 Å². The highest BCUT2D eigenvalue weighted by molar-refractivity contribution is 5.91. The molecule has 0 unspecified atom stereocenters. The summed E-state index contributed by atoms with van der Waals surface area (Å²) in [6.45, 7) is 0.0910. The molecule has 1 aliphatic carbocycles. The minimum Gasteiger partial charge on any atom is -0.480 e. The number of ether oxygens (including phenoxy) is 2. The van der Waals surface area contributed by atoms with E-state index in [4.69, 9.17) is 9.47 Å². The molecule has 0 heterocycles. The van der Waals surface area contributed by atoms with Gasteiger partial charge in [-0.25, -0.2) is 14.4 Å². The zero-order valence-electron chi connectivity index (χ0n) is 20.4. The second-order valence-electron chi connectivity index (χ2n) is 8.96. The van der Waals surface area contributed by atoms with Gasteiger partial charge < -0.3 is 19.9 Å². The standard InChI is InChI=1S/C31H25NO6/c33-29(34)28(18-20-14-16-22(17-15-20)38-30(35)21-8-2-1-3-9-21)32-31(36)37-19-27-25-12-6-4-10-23(25)24-11-5-7-13-26(24)27/h1-17,27-28H,18-19H2,(H,32,36)(H,33,34)/t28-/m0/s1. The zero-order chi connectivity index (χ0) is 26.5. The molecule has 0 saturated heterocycles. The van der Waals surface area contributed by atoms with Crippen molar-refractivity contribution in [3.8, 4) is 16.9 Å². The van der Waals surface area contributed by atoms with Crippen molar-refractivity contribution in [1.29, 1.82) is 0 Å². The number of aliphatic carboxylic acids is 1. The highest BCUT2D eigenvalue weighted by Gasteiger charge is 2.29. The van der Waals surface area contributed by atoms with Gasteiger partial charge in [-0.15, -0.1) is 0 Å². The van der Waals surface area contributed by atoms with Crippen LogP contribution < -0.4 is 10.1 Å². The fourth-order valence-electron chi connectivity index (χ4n) is 4.65. The van der Waals surface area contributed by atoms with Crippen LogP contribution in [0.3, 0.4) is 0 Å². The molecule has 5 rings (SSSR count). The lowest BCUT2D eigenvalue weighted by atomic mass is 9.98. The van der Waals surface area contributed by atoms with E-state index in [-0.39, 0.29) is 18.9 Å². The van der Waals surface area contributed by atoms with Crippen molar-refractivity contribution in [2.24, 2.45) is 0 Å². The average molecular weight is 508 g/mol. The van der Waals surface area contributed by atoms with Crippen molar-refractivity contribution in [3.05, 3.63) is 125 Å². The summed E-state index contributed by atoms with van der Waals surface area (Å²) >= 11 is 0. The molecule has 0 spiro atoms. The molecular weight excluding hydrogens is 482 g/mol. The van der Waals surface area contributed by atoms with Crippen molar-refractivity contribution in [3.63, 3.8) is 0 Å². The van der Waals surface area contributed by atoms with Gasteiger partial charge in [0, 0.05) is 12.3 Å². The molecule has 0 bridgehead atoms. The highest BCUT2D eigenvalue weighted by atomic mass is 16.5. The van der Waals surface area contributed by atoms with E-state index in [0.29, 0.717) is 16.9 Å². The maximum atomic E-state index is 12.6. The summed E-state index contributed by atoms with van der Waals surface area (Å²) < 4.78 is 10.9. The Labute approximate surface area is 219 Å². The van der Waals surface area contributed by atoms with Crippen molar-refractivity contribution in [2.75, 3.05) is 6.61 Å². The number of carboxylic acids is 1. The van der Waals surface area contributed by atoms with Crippen LogP contribution in [-0.4, -0.2) is 35.8 Å². The first-order valence-corrected chi connectivity index (χ1v) is 12.2. The summed E-state index contributed by atoms with van der Waals surface area (Å²) in [5, 5.41) is 12.1. The molecule has 0 fully saturated rings. The summed E-state index contributed by atoms with van der Waals surface area (Å²) in [4.78, 5) is 36.7. The molecule has 190 valence electrons. The van der Waals surface area contributed by atoms with Crippen LogP contribution in [0.2, 0.25) is 0 Å². The Morgan fingerprint density at radius 1 is 0.763 bits per heavy atom. The van der Waals surface area contributed by atoms with E-state index >= 15 is 0 Å². The van der Waals surface area contributed by atoms with Crippen molar-refractivity contribution in [2.45, 2.75) is 18.4 Å². The largest absolute Gasteiger partial charge is 0.480 e. The third kappa shape index (κ3) is 5.42. The number of rotatable bonds is 8. The molecule has 2 N–H and O–H groups in total. The summed E-state index contributed by atoms with van der Waals surface area (Å²) in [7, 11) is 0. The van der Waals surface area contributed by atoms with Crippen LogP contribution in [0.15, 0.2) is 103 Å². The van der Waals surface area contributed by atoms with Gasteiger partial charge in [0.2, 0.25) is 0 Å². The molecule has 7 heteroatoms. The van der Waals surface area contributed by atoms with Crippen LogP contribution in [0.5, 0.6) is 5.75 Å². The van der Waals surface area contributed by atoms with E-state index in [1.807, 2.05) is 48.5 Å². The molecule has 4 aromatic rings. The first-order chi connectivity index (χ1) is 18.5. The van der Waals surface area contributed by atoms with Gasteiger partial charge in [0.05, 0.1) is 5.56 Å². The molecule has 1 aliphatic rings. The first kappa shape index (κ1) is 24.8. The van der Waals surface area contributed by atoms with Gasteiger partial charge in [-0.05, 0) is 52.1 Å². The van der Waals surface area contributed by atoms with Gasteiger partial charge in [0.25, 0.3) is 0 Å². The third-order valence-electron chi connectivity index (χ3n) is 6.52. The number of hydrogen-bond donors (Lipinski definition) is 2. The second kappa shape index (κ2) is 11.0. The molecule has 4 aromatic carbocycles. The van der Waals surface area contributed by atoms with E-state index in [1.165, 1.54) is 0 Å². The third-order valence-corrected chi connectivity index (χ3v) is 6.52. The number of hydrogen-bond acceptors (Lipinski definition) is 5. The van der Waals surface area contributed by atoms with E-state index in [2.05, 4.69) is 5.32 Å². The topological polar surface area (TPSA) is 102 Å². The quantitative estimate of drug-likeness (QED) is 0.243. The molecule has 1 amide bonds. The van der Waals surface area contributed by atoms with Gasteiger partial charge >= 0.3 is 18.0 Å². The Morgan fingerprint density at radius 3 is 1.95 bits per heavy atom. The summed E-state index contributed by atoms with van der Waals surface area (Å²) in [5.74, 6) is -1.46. The zero-order valence-corrected chi connectivity index (χ0v) is 20.4. The number of benzene rings is 4. The number of carbonyl (C=O) groups excluding carboxylic acids is 2. The lowest BCUT2D eigenvalue weighted by Crippen LogP contribution is -2.42. The van der Waals surface area contributed by atoms with Crippen molar-refractivity contribution < 1.29 is 29.0 Å². The van der Waals surface area contributed by atoms with E-state index in [0.717, 1.165) is 22.3 Å². The maximum Gasteiger partial charge on any atom is 0.407 e. The van der Waals surface area contributed by atoms with Gasteiger partial charge in [-0.3, -0.25) is 0 Å². The molecular formula is C31H25NO6. The number of esters is 1. The minimum absolute atomic E-state index is 0.0342. The number of alkyl carbamates (subject to hydrolysis) is 1. The van der Waals surface area contributed by atoms with Crippen LogP contribution in [0.4, 0.5) is 4.79 Å². The Hall–Kier alpha value is -4.91. The van der Waals surface area contributed by atoms with Gasteiger partial charge in [0.15, 0.2) is 0 Å². The van der Waals surface area contributed by atoms with Crippen LogP contribution in [-0.2, 0) is 16.0 Å². The summed E-state index contributed by atoms with van der Waals surface area (Å²) in [5.41, 5.74) is 5.44. The number of fused-ring (bicyclic) bond motifs is 3. The summed E-state index contributed by atoms with van der Waals surface area (Å²) in [6.07, 6.45) is -0.764. The van der Waals surface area contributed by atoms with Crippen LogP contribution in [0, 0.1) is 0 Å². The molecule has 7 nitrogen and oxygen atoms in total. The molecule has 0 saturated carbocycles. The molecule has 38 heavy (non-hydrogen) atoms. The lowest BCUT2D eigenvalue weighted by molar-refractivity contribution is -0.139. The predicted octanol–water partition coefficient (Wildman–Crippen LogP) is 5.44. The van der Waals surface area contributed by atoms with Crippen molar-refractivity contribution >= 4 is 18.0 Å². The Balaban J connectivity index is 1.18. The minimum atomic E-state index is -1.19. The highest BCUT2D eigenvalue weighted by Crippen LogP contribution is 2.44. The Morgan fingerprint density at radius 2 is 1.34 bits per heavy atom. The second-order valence-corrected chi connectivity index (χ2v) is 8.96. The molecule has 0 aliphatic heterocycles. The van der Waals surface area contributed by atoms with Gasteiger partial charge in [-0.2, -0.15) is 0 Å². The molecule has 0 aromatic heterocycles. The number of carbonyl (C=O) groups is 3. The first-order valence-electron chi connectivity index (χ1n) is 12.2. The maximum absolute atomic E-state index is 12.6. The van der Waals surface area contributed by atoms with Crippen LogP contribution in [0.25, 0.3) is 11.1 Å². The Bertz CT molecular complexity index is 1420. The smallest absolute Gasteiger partial charge is 0.407 e. The number of amides is 1. The average Bonchev–Trinajstić information content (AvgIpc) is 3.26. The van der Waals surface area contributed by atoms with Crippen LogP contribution >= 0.6 is 0 Å². The Kier molecular flexibility index (Phi) is 7.17. The van der Waals surface area contributed by atoms with Crippen LogP contribution in [0.1, 0.15) is 33.0 Å². The molecule has 0 radical (unpaired) electrons. The van der Waals surface area contributed by atoms with E-state index in [1.54, 1.807) is 54.6 Å². The normalized spacial score (nSPS) is 12.6. The van der Waals surface area contributed by atoms with E-state index < -0.39 is 24.1 Å².